The molecule has 0 aliphatic rings. The molecule has 0 spiro atoms. The molecule has 0 fully saturated rings. The highest BCUT2D eigenvalue weighted by molar-refractivity contribution is 5.90. The van der Waals surface area contributed by atoms with Gasteiger partial charge in [-0.2, -0.15) is 0 Å². The third-order valence-electron chi connectivity index (χ3n) is 2.52. The number of para-hydroxylation sites is 1. The summed E-state index contributed by atoms with van der Waals surface area (Å²) < 4.78 is 18.8. The lowest BCUT2D eigenvalue weighted by atomic mass is 10.0. The molecule has 0 saturated heterocycles. The second kappa shape index (κ2) is 3.45. The van der Waals surface area contributed by atoms with Gasteiger partial charge in [0.1, 0.15) is 11.3 Å². The molecular formula is C13H8FNO. The molecule has 0 atom stereocenters. The van der Waals surface area contributed by atoms with E-state index in [4.69, 9.17) is 4.42 Å². The van der Waals surface area contributed by atoms with E-state index in [0.29, 0.717) is 16.7 Å². The molecule has 78 valence electrons. The summed E-state index contributed by atoms with van der Waals surface area (Å²) in [5.74, 6) is -0.252. The quantitative estimate of drug-likeness (QED) is 0.616. The molecule has 2 aromatic carbocycles. The normalized spacial score (nSPS) is 10.8. The van der Waals surface area contributed by atoms with Crippen LogP contribution in [0.1, 0.15) is 0 Å². The van der Waals surface area contributed by atoms with Crippen molar-refractivity contribution in [2.45, 2.75) is 0 Å². The summed E-state index contributed by atoms with van der Waals surface area (Å²) in [7, 11) is 0. The van der Waals surface area contributed by atoms with E-state index in [1.807, 2.05) is 18.2 Å². The average molecular weight is 213 g/mol. The summed E-state index contributed by atoms with van der Waals surface area (Å²) in [6.45, 7) is 0. The number of benzene rings is 2. The summed E-state index contributed by atoms with van der Waals surface area (Å²) in [6, 6.07) is 12.1. The zero-order valence-electron chi connectivity index (χ0n) is 8.35. The van der Waals surface area contributed by atoms with E-state index < -0.39 is 0 Å². The van der Waals surface area contributed by atoms with E-state index >= 15 is 0 Å². The lowest BCUT2D eigenvalue weighted by Gasteiger charge is -2.02. The first-order valence-electron chi connectivity index (χ1n) is 4.93. The Morgan fingerprint density at radius 2 is 1.75 bits per heavy atom. The van der Waals surface area contributed by atoms with Crippen molar-refractivity contribution in [1.29, 1.82) is 0 Å². The van der Waals surface area contributed by atoms with Crippen molar-refractivity contribution in [3.05, 3.63) is 54.7 Å². The van der Waals surface area contributed by atoms with E-state index in [1.54, 1.807) is 18.2 Å². The molecule has 3 heteroatoms. The minimum absolute atomic E-state index is 0.252. The number of aromatic nitrogens is 1. The molecular weight excluding hydrogens is 205 g/mol. The highest BCUT2D eigenvalue weighted by Crippen LogP contribution is 2.29. The van der Waals surface area contributed by atoms with Crippen LogP contribution in [0.2, 0.25) is 0 Å². The maximum absolute atomic E-state index is 13.7. The van der Waals surface area contributed by atoms with Gasteiger partial charge >= 0.3 is 0 Å². The van der Waals surface area contributed by atoms with Crippen LogP contribution in [0.5, 0.6) is 0 Å². The maximum atomic E-state index is 13.7. The summed E-state index contributed by atoms with van der Waals surface area (Å²) in [5, 5.41) is 0. The van der Waals surface area contributed by atoms with Crippen LogP contribution in [-0.4, -0.2) is 4.98 Å². The minimum atomic E-state index is -0.252. The number of halogens is 1. The van der Waals surface area contributed by atoms with Gasteiger partial charge in [0, 0.05) is 11.1 Å². The zero-order chi connectivity index (χ0) is 11.0. The number of nitrogens with zero attached hydrogens (tertiary/aromatic N) is 1. The third kappa shape index (κ3) is 1.29. The van der Waals surface area contributed by atoms with Gasteiger partial charge in [-0.1, -0.05) is 30.3 Å². The van der Waals surface area contributed by atoms with Crippen molar-refractivity contribution in [2.24, 2.45) is 0 Å². The van der Waals surface area contributed by atoms with Gasteiger partial charge in [0.05, 0.1) is 0 Å². The maximum Gasteiger partial charge on any atom is 0.182 e. The van der Waals surface area contributed by atoms with Crippen molar-refractivity contribution >= 4 is 11.1 Å². The number of hydrogen-bond donors (Lipinski definition) is 0. The largest absolute Gasteiger partial charge is 0.443 e. The van der Waals surface area contributed by atoms with Crippen molar-refractivity contribution in [1.82, 2.24) is 4.98 Å². The minimum Gasteiger partial charge on any atom is -0.443 e. The Balaban J connectivity index is 2.34. The summed E-state index contributed by atoms with van der Waals surface area (Å²) in [4.78, 5) is 4.10. The second-order valence-electron chi connectivity index (χ2n) is 3.48. The molecule has 1 aromatic heterocycles. The first kappa shape index (κ1) is 9.09. The lowest BCUT2D eigenvalue weighted by molar-refractivity contribution is 0.602. The van der Waals surface area contributed by atoms with Crippen molar-refractivity contribution in [2.75, 3.05) is 0 Å². The van der Waals surface area contributed by atoms with Gasteiger partial charge < -0.3 is 4.42 Å². The molecule has 3 rings (SSSR count). The van der Waals surface area contributed by atoms with Crippen LogP contribution in [-0.2, 0) is 0 Å². The monoisotopic (exact) mass is 213 g/mol. The number of rotatable bonds is 1. The number of fused-ring (bicyclic) bond motifs is 1. The summed E-state index contributed by atoms with van der Waals surface area (Å²) in [6.07, 6.45) is 1.37. The Morgan fingerprint density at radius 3 is 2.62 bits per heavy atom. The Morgan fingerprint density at radius 1 is 0.938 bits per heavy atom. The van der Waals surface area contributed by atoms with Gasteiger partial charge in [0.2, 0.25) is 0 Å². The van der Waals surface area contributed by atoms with Gasteiger partial charge in [0.15, 0.2) is 12.0 Å². The van der Waals surface area contributed by atoms with Crippen LogP contribution in [0.15, 0.2) is 53.3 Å². The third-order valence-corrected chi connectivity index (χ3v) is 2.52. The molecule has 0 amide bonds. The molecule has 1 heterocycles. The molecule has 0 aliphatic heterocycles. The molecule has 3 aromatic rings. The van der Waals surface area contributed by atoms with Crippen molar-refractivity contribution < 1.29 is 8.81 Å². The van der Waals surface area contributed by atoms with Crippen LogP contribution >= 0.6 is 0 Å². The number of oxazole rings is 1. The van der Waals surface area contributed by atoms with Gasteiger partial charge in [-0.15, -0.1) is 0 Å². The van der Waals surface area contributed by atoms with Crippen LogP contribution < -0.4 is 0 Å². The zero-order valence-corrected chi connectivity index (χ0v) is 8.35. The van der Waals surface area contributed by atoms with E-state index in [-0.39, 0.29) is 5.82 Å². The second-order valence-corrected chi connectivity index (χ2v) is 3.48. The molecule has 0 N–H and O–H groups in total. The highest BCUT2D eigenvalue weighted by Gasteiger charge is 2.10. The van der Waals surface area contributed by atoms with Gasteiger partial charge in [0.25, 0.3) is 0 Å². The molecule has 0 saturated carbocycles. The highest BCUT2D eigenvalue weighted by atomic mass is 19.1. The fourth-order valence-corrected chi connectivity index (χ4v) is 1.78. The van der Waals surface area contributed by atoms with E-state index in [2.05, 4.69) is 4.98 Å². The topological polar surface area (TPSA) is 26.0 Å². The molecule has 0 unspecified atom stereocenters. The first-order valence-corrected chi connectivity index (χ1v) is 4.93. The van der Waals surface area contributed by atoms with Crippen LogP contribution in [0.4, 0.5) is 4.39 Å². The Bertz CT molecular complexity index is 645. The Labute approximate surface area is 91.3 Å². The fraction of sp³-hybridized carbons (Fsp3) is 0. The number of hydrogen-bond acceptors (Lipinski definition) is 2. The fourth-order valence-electron chi connectivity index (χ4n) is 1.78. The van der Waals surface area contributed by atoms with Crippen molar-refractivity contribution in [3.8, 4) is 11.1 Å². The standard InChI is InChI=1S/C13H8FNO/c14-11-6-2-1-4-9(11)10-5-3-7-12-13(10)15-8-16-12/h1-8H. The SMILES string of the molecule is Fc1ccccc1-c1cccc2ocnc12. The van der Waals surface area contributed by atoms with E-state index in [0.717, 1.165) is 5.56 Å². The Hall–Kier alpha value is -2.16. The van der Waals surface area contributed by atoms with Gasteiger partial charge in [-0.25, -0.2) is 9.37 Å². The smallest absolute Gasteiger partial charge is 0.182 e. The molecule has 0 aliphatic carbocycles. The summed E-state index contributed by atoms with van der Waals surface area (Å²) >= 11 is 0. The predicted octanol–water partition coefficient (Wildman–Crippen LogP) is 3.63. The van der Waals surface area contributed by atoms with Crippen molar-refractivity contribution in [3.63, 3.8) is 0 Å². The van der Waals surface area contributed by atoms with E-state index in [1.165, 1.54) is 12.5 Å². The van der Waals surface area contributed by atoms with Gasteiger partial charge in [-0.05, 0) is 12.1 Å². The lowest BCUT2D eigenvalue weighted by Crippen LogP contribution is -1.84. The molecule has 0 bridgehead atoms. The van der Waals surface area contributed by atoms with Crippen LogP contribution in [0, 0.1) is 5.82 Å². The first-order chi connectivity index (χ1) is 7.86. The summed E-state index contributed by atoms with van der Waals surface area (Å²) in [5.41, 5.74) is 2.65. The van der Waals surface area contributed by atoms with E-state index in [9.17, 15) is 4.39 Å². The average Bonchev–Trinajstić information content (AvgIpc) is 2.77. The Kier molecular flexibility index (Phi) is 1.96. The molecule has 0 radical (unpaired) electrons. The molecule has 2 nitrogen and oxygen atoms in total. The van der Waals surface area contributed by atoms with Crippen LogP contribution in [0.25, 0.3) is 22.2 Å². The molecule has 16 heavy (non-hydrogen) atoms. The van der Waals surface area contributed by atoms with Gasteiger partial charge in [-0.3, -0.25) is 0 Å². The predicted molar refractivity (Wildman–Crippen MR) is 59.4 cm³/mol. The van der Waals surface area contributed by atoms with Crippen LogP contribution in [0.3, 0.4) is 0 Å².